The highest BCUT2D eigenvalue weighted by molar-refractivity contribution is 5.29. The van der Waals surface area contributed by atoms with Gasteiger partial charge in [0.05, 0.1) is 0 Å². The zero-order chi connectivity index (χ0) is 14.5. The van der Waals surface area contributed by atoms with Crippen LogP contribution >= 0.6 is 0 Å². The fraction of sp³-hybridized carbons (Fsp3) is 0.667. The minimum atomic E-state index is 0.183. The van der Waals surface area contributed by atoms with Crippen molar-refractivity contribution >= 4 is 0 Å². The molecule has 2 nitrogen and oxygen atoms in total. The normalized spacial score (nSPS) is 28.1. The van der Waals surface area contributed by atoms with E-state index in [1.807, 2.05) is 0 Å². The molecule has 1 saturated carbocycles. The van der Waals surface area contributed by atoms with Gasteiger partial charge in [0.25, 0.3) is 0 Å². The van der Waals surface area contributed by atoms with E-state index in [-0.39, 0.29) is 12.1 Å². The molecule has 0 aliphatic heterocycles. The van der Waals surface area contributed by atoms with Crippen molar-refractivity contribution in [3.63, 3.8) is 0 Å². The molecule has 2 heteroatoms. The molecule has 0 saturated heterocycles. The summed E-state index contributed by atoms with van der Waals surface area (Å²) < 4.78 is 6.14. The van der Waals surface area contributed by atoms with Crippen LogP contribution in [-0.4, -0.2) is 12.1 Å². The van der Waals surface area contributed by atoms with Crippen molar-refractivity contribution in [2.45, 2.75) is 70.9 Å². The van der Waals surface area contributed by atoms with Gasteiger partial charge in [0.2, 0.25) is 0 Å². The summed E-state index contributed by atoms with van der Waals surface area (Å²) in [5.41, 5.74) is 7.61. The predicted molar refractivity (Wildman–Crippen MR) is 85.2 cm³/mol. The van der Waals surface area contributed by atoms with Crippen LogP contribution in [0.15, 0.2) is 24.3 Å². The second kappa shape index (κ2) is 7.12. The second-order valence-corrected chi connectivity index (χ2v) is 6.29. The third kappa shape index (κ3) is 3.76. The Hall–Kier alpha value is -1.02. The van der Waals surface area contributed by atoms with Gasteiger partial charge < -0.3 is 10.5 Å². The molecule has 0 aromatic heterocycles. The van der Waals surface area contributed by atoms with Crippen LogP contribution in [0.2, 0.25) is 0 Å². The lowest BCUT2D eigenvalue weighted by Gasteiger charge is -2.34. The molecule has 0 heterocycles. The van der Waals surface area contributed by atoms with Crippen molar-refractivity contribution in [3.8, 4) is 5.75 Å². The van der Waals surface area contributed by atoms with E-state index in [1.165, 1.54) is 24.8 Å². The number of rotatable bonds is 5. The highest BCUT2D eigenvalue weighted by Gasteiger charge is 2.28. The first-order chi connectivity index (χ1) is 9.63. The quantitative estimate of drug-likeness (QED) is 0.859. The van der Waals surface area contributed by atoms with E-state index >= 15 is 0 Å². The molecule has 1 aliphatic rings. The van der Waals surface area contributed by atoms with Gasteiger partial charge in [-0.15, -0.1) is 0 Å². The molecule has 2 rings (SSSR count). The highest BCUT2D eigenvalue weighted by atomic mass is 16.5. The first-order valence-electron chi connectivity index (χ1n) is 8.16. The van der Waals surface area contributed by atoms with E-state index in [4.69, 9.17) is 10.5 Å². The molecule has 0 bridgehead atoms. The molecule has 112 valence electrons. The SMILES string of the molecule is CCC1CCC(N)C(Oc2ccc(C(C)CC)cc2)C1. The van der Waals surface area contributed by atoms with Crippen LogP contribution in [-0.2, 0) is 0 Å². The van der Waals surface area contributed by atoms with Crippen molar-refractivity contribution in [1.82, 2.24) is 0 Å². The van der Waals surface area contributed by atoms with Crippen LogP contribution < -0.4 is 10.5 Å². The number of nitrogens with two attached hydrogens (primary N) is 1. The standard InChI is InChI=1S/C18H29NO/c1-4-13(3)15-7-9-16(10-8-15)20-18-12-14(5-2)6-11-17(18)19/h7-10,13-14,17-18H,4-6,11-12,19H2,1-3H3. The largest absolute Gasteiger partial charge is 0.489 e. The monoisotopic (exact) mass is 275 g/mol. The average molecular weight is 275 g/mol. The van der Waals surface area contributed by atoms with Crippen LogP contribution in [0.4, 0.5) is 0 Å². The Morgan fingerprint density at radius 1 is 1.20 bits per heavy atom. The van der Waals surface area contributed by atoms with Crippen LogP contribution in [0.1, 0.15) is 64.4 Å². The van der Waals surface area contributed by atoms with Crippen LogP contribution in [0.3, 0.4) is 0 Å². The molecule has 1 fully saturated rings. The van der Waals surface area contributed by atoms with E-state index < -0.39 is 0 Å². The first-order valence-corrected chi connectivity index (χ1v) is 8.16. The van der Waals surface area contributed by atoms with Crippen LogP contribution in [0.5, 0.6) is 5.75 Å². The van der Waals surface area contributed by atoms with Gasteiger partial charge in [0.1, 0.15) is 11.9 Å². The van der Waals surface area contributed by atoms with Gasteiger partial charge in [-0.25, -0.2) is 0 Å². The lowest BCUT2D eigenvalue weighted by Crippen LogP contribution is -2.43. The Labute approximate surface area is 123 Å². The predicted octanol–water partition coefficient (Wildman–Crippen LogP) is 4.48. The van der Waals surface area contributed by atoms with E-state index in [2.05, 4.69) is 45.0 Å². The minimum absolute atomic E-state index is 0.183. The molecule has 1 aliphatic carbocycles. The summed E-state index contributed by atoms with van der Waals surface area (Å²) in [5, 5.41) is 0. The third-order valence-corrected chi connectivity index (χ3v) is 4.88. The molecule has 0 radical (unpaired) electrons. The van der Waals surface area contributed by atoms with E-state index in [0.717, 1.165) is 24.5 Å². The van der Waals surface area contributed by atoms with E-state index in [1.54, 1.807) is 0 Å². The van der Waals surface area contributed by atoms with Crippen molar-refractivity contribution in [3.05, 3.63) is 29.8 Å². The molecule has 2 N–H and O–H groups in total. The maximum absolute atomic E-state index is 6.22. The summed E-state index contributed by atoms with van der Waals surface area (Å²) in [6.45, 7) is 6.75. The molecule has 4 atom stereocenters. The minimum Gasteiger partial charge on any atom is -0.489 e. The highest BCUT2D eigenvalue weighted by Crippen LogP contribution is 2.30. The summed E-state index contributed by atoms with van der Waals surface area (Å²) in [6, 6.07) is 8.77. The van der Waals surface area contributed by atoms with Crippen molar-refractivity contribution in [1.29, 1.82) is 0 Å². The fourth-order valence-corrected chi connectivity index (χ4v) is 3.03. The molecule has 20 heavy (non-hydrogen) atoms. The summed E-state index contributed by atoms with van der Waals surface area (Å²) in [7, 11) is 0. The topological polar surface area (TPSA) is 35.2 Å². The second-order valence-electron chi connectivity index (χ2n) is 6.29. The van der Waals surface area contributed by atoms with Gasteiger partial charge in [0.15, 0.2) is 0 Å². The molecular formula is C18H29NO. The lowest BCUT2D eigenvalue weighted by molar-refractivity contribution is 0.101. The molecule has 0 amide bonds. The molecule has 4 unspecified atom stereocenters. The number of hydrogen-bond acceptors (Lipinski definition) is 2. The van der Waals surface area contributed by atoms with Crippen molar-refractivity contribution < 1.29 is 4.74 Å². The Morgan fingerprint density at radius 2 is 1.90 bits per heavy atom. The first kappa shape index (κ1) is 15.4. The molecule has 0 spiro atoms. The maximum Gasteiger partial charge on any atom is 0.119 e. The zero-order valence-electron chi connectivity index (χ0n) is 13.1. The van der Waals surface area contributed by atoms with Crippen molar-refractivity contribution in [2.75, 3.05) is 0 Å². The van der Waals surface area contributed by atoms with Gasteiger partial charge in [-0.2, -0.15) is 0 Å². The van der Waals surface area contributed by atoms with Crippen molar-refractivity contribution in [2.24, 2.45) is 11.7 Å². The number of benzene rings is 1. The number of ether oxygens (including phenoxy) is 1. The Bertz CT molecular complexity index is 400. The summed E-state index contributed by atoms with van der Waals surface area (Å²) in [4.78, 5) is 0. The van der Waals surface area contributed by atoms with Crippen LogP contribution in [0.25, 0.3) is 0 Å². The zero-order valence-corrected chi connectivity index (χ0v) is 13.1. The lowest BCUT2D eigenvalue weighted by atomic mass is 9.83. The Morgan fingerprint density at radius 3 is 2.50 bits per heavy atom. The maximum atomic E-state index is 6.22. The van der Waals surface area contributed by atoms with Crippen LogP contribution in [0, 0.1) is 5.92 Å². The summed E-state index contributed by atoms with van der Waals surface area (Å²) in [6.07, 6.45) is 6.04. The van der Waals surface area contributed by atoms with Gasteiger partial charge in [-0.1, -0.05) is 39.3 Å². The summed E-state index contributed by atoms with van der Waals surface area (Å²) in [5.74, 6) is 2.36. The van der Waals surface area contributed by atoms with Gasteiger partial charge in [0, 0.05) is 6.04 Å². The Balaban J connectivity index is 1.98. The summed E-state index contributed by atoms with van der Waals surface area (Å²) >= 11 is 0. The molecule has 1 aromatic rings. The fourth-order valence-electron chi connectivity index (χ4n) is 3.03. The Kier molecular flexibility index (Phi) is 5.47. The van der Waals surface area contributed by atoms with Gasteiger partial charge >= 0.3 is 0 Å². The third-order valence-electron chi connectivity index (χ3n) is 4.88. The van der Waals surface area contributed by atoms with Gasteiger partial charge in [-0.3, -0.25) is 0 Å². The molecular weight excluding hydrogens is 246 g/mol. The van der Waals surface area contributed by atoms with E-state index in [0.29, 0.717) is 5.92 Å². The smallest absolute Gasteiger partial charge is 0.119 e. The average Bonchev–Trinajstić information content (AvgIpc) is 2.49. The molecule has 1 aromatic carbocycles. The number of hydrogen-bond donors (Lipinski definition) is 1. The van der Waals surface area contributed by atoms with E-state index in [9.17, 15) is 0 Å². The van der Waals surface area contributed by atoms with Gasteiger partial charge in [-0.05, 0) is 55.2 Å².